The summed E-state index contributed by atoms with van der Waals surface area (Å²) >= 11 is 0. The van der Waals surface area contributed by atoms with Crippen LogP contribution < -0.4 is 5.32 Å². The van der Waals surface area contributed by atoms with Crippen molar-refractivity contribution in [2.75, 3.05) is 0 Å². The van der Waals surface area contributed by atoms with Gasteiger partial charge in [0.25, 0.3) is 0 Å². The second-order valence-electron chi connectivity index (χ2n) is 5.64. The number of carboxylic acid groups (broad SMARTS) is 1. The molecule has 2 aromatic rings. The van der Waals surface area contributed by atoms with Gasteiger partial charge in [0, 0.05) is 12.7 Å². The highest BCUT2D eigenvalue weighted by molar-refractivity contribution is 6.00. The van der Waals surface area contributed by atoms with Crippen LogP contribution in [-0.2, 0) is 16.1 Å². The number of aromatic nitrogens is 2. The third-order valence-corrected chi connectivity index (χ3v) is 3.50. The van der Waals surface area contributed by atoms with Crippen molar-refractivity contribution < 1.29 is 14.7 Å². The molecule has 0 spiro atoms. The lowest BCUT2D eigenvalue weighted by Crippen LogP contribution is -2.42. The molecule has 116 valence electrons. The average Bonchev–Trinajstić information content (AvgIpc) is 2.91. The Morgan fingerprint density at radius 2 is 1.95 bits per heavy atom. The Balaban J connectivity index is 2.18. The number of nitrogens with zero attached hydrogens (tertiary/aromatic N) is 2. The molecule has 0 atom stereocenters. The standard InChI is InChI=1S/C16H19N3O3/c1-11-8-9-19(18-11)13-7-5-4-6-12(13)10-17-14(20)16(2,3)15(21)22/h4-9H,10H2,1-3H3,(H,17,20)(H,21,22). The predicted molar refractivity (Wildman–Crippen MR) is 81.6 cm³/mol. The number of nitrogens with one attached hydrogen (secondary N) is 1. The number of aliphatic carboxylic acids is 1. The zero-order valence-corrected chi connectivity index (χ0v) is 12.8. The third kappa shape index (κ3) is 3.16. The zero-order valence-electron chi connectivity index (χ0n) is 12.8. The summed E-state index contributed by atoms with van der Waals surface area (Å²) in [7, 11) is 0. The minimum Gasteiger partial charge on any atom is -0.480 e. The van der Waals surface area contributed by atoms with Gasteiger partial charge in [-0.05, 0) is 38.5 Å². The molecule has 1 aromatic heterocycles. The second kappa shape index (κ2) is 6.01. The van der Waals surface area contributed by atoms with E-state index >= 15 is 0 Å². The molecule has 0 fully saturated rings. The molecule has 0 aliphatic heterocycles. The van der Waals surface area contributed by atoms with Gasteiger partial charge in [-0.25, -0.2) is 4.68 Å². The molecule has 6 heteroatoms. The number of carbonyl (C=O) groups excluding carboxylic acids is 1. The van der Waals surface area contributed by atoms with E-state index in [0.717, 1.165) is 16.9 Å². The smallest absolute Gasteiger partial charge is 0.318 e. The molecule has 0 aliphatic rings. The van der Waals surface area contributed by atoms with E-state index in [1.165, 1.54) is 13.8 Å². The Bertz CT molecular complexity index is 704. The Morgan fingerprint density at radius 1 is 1.27 bits per heavy atom. The quantitative estimate of drug-likeness (QED) is 0.826. The fourth-order valence-electron chi connectivity index (χ4n) is 1.93. The van der Waals surface area contributed by atoms with Crippen molar-refractivity contribution in [3.63, 3.8) is 0 Å². The lowest BCUT2D eigenvalue weighted by Gasteiger charge is -2.19. The van der Waals surface area contributed by atoms with E-state index in [-0.39, 0.29) is 6.54 Å². The number of amides is 1. The van der Waals surface area contributed by atoms with E-state index in [0.29, 0.717) is 0 Å². The van der Waals surface area contributed by atoms with E-state index in [1.54, 1.807) is 4.68 Å². The molecule has 1 aromatic carbocycles. The number of rotatable bonds is 5. The summed E-state index contributed by atoms with van der Waals surface area (Å²) in [4.78, 5) is 23.1. The number of aryl methyl sites for hydroxylation is 1. The lowest BCUT2D eigenvalue weighted by atomic mass is 9.92. The Morgan fingerprint density at radius 3 is 2.55 bits per heavy atom. The summed E-state index contributed by atoms with van der Waals surface area (Å²) in [6, 6.07) is 9.42. The Hall–Kier alpha value is -2.63. The van der Waals surface area contributed by atoms with Crippen molar-refractivity contribution in [2.45, 2.75) is 27.3 Å². The topological polar surface area (TPSA) is 84.2 Å². The van der Waals surface area contributed by atoms with Crippen LogP contribution >= 0.6 is 0 Å². The van der Waals surface area contributed by atoms with Crippen LogP contribution in [0.1, 0.15) is 25.1 Å². The molecule has 2 N–H and O–H groups in total. The SMILES string of the molecule is Cc1ccn(-c2ccccc2CNC(=O)C(C)(C)C(=O)O)n1. The van der Waals surface area contributed by atoms with Crippen LogP contribution in [0.5, 0.6) is 0 Å². The van der Waals surface area contributed by atoms with E-state index < -0.39 is 17.3 Å². The number of benzene rings is 1. The lowest BCUT2D eigenvalue weighted by molar-refractivity contribution is -0.153. The van der Waals surface area contributed by atoms with Crippen LogP contribution in [-0.4, -0.2) is 26.8 Å². The van der Waals surface area contributed by atoms with Gasteiger partial charge in [0.05, 0.1) is 11.4 Å². The van der Waals surface area contributed by atoms with Crippen molar-refractivity contribution in [1.82, 2.24) is 15.1 Å². The van der Waals surface area contributed by atoms with Crippen molar-refractivity contribution in [1.29, 1.82) is 0 Å². The molecule has 0 saturated heterocycles. The molecule has 0 radical (unpaired) electrons. The van der Waals surface area contributed by atoms with Crippen LogP contribution in [0.3, 0.4) is 0 Å². The van der Waals surface area contributed by atoms with Crippen molar-refractivity contribution in [3.8, 4) is 5.69 Å². The number of hydrogen-bond donors (Lipinski definition) is 2. The summed E-state index contributed by atoms with van der Waals surface area (Å²) in [5, 5.41) is 16.1. The molecule has 1 amide bonds. The van der Waals surface area contributed by atoms with Crippen molar-refractivity contribution in [2.24, 2.45) is 5.41 Å². The van der Waals surface area contributed by atoms with Gasteiger partial charge in [-0.15, -0.1) is 0 Å². The summed E-state index contributed by atoms with van der Waals surface area (Å²) in [6.07, 6.45) is 1.84. The fourth-order valence-corrected chi connectivity index (χ4v) is 1.93. The van der Waals surface area contributed by atoms with E-state index in [1.807, 2.05) is 43.5 Å². The number of carboxylic acids is 1. The molecular formula is C16H19N3O3. The summed E-state index contributed by atoms with van der Waals surface area (Å²) in [5.41, 5.74) is 1.15. The van der Waals surface area contributed by atoms with Crippen LogP contribution in [0.15, 0.2) is 36.5 Å². The van der Waals surface area contributed by atoms with Crippen LogP contribution in [0.25, 0.3) is 5.69 Å². The second-order valence-corrected chi connectivity index (χ2v) is 5.64. The maximum atomic E-state index is 12.0. The normalized spacial score (nSPS) is 11.2. The maximum Gasteiger partial charge on any atom is 0.318 e. The molecule has 6 nitrogen and oxygen atoms in total. The predicted octanol–water partition coefficient (Wildman–Crippen LogP) is 1.91. The van der Waals surface area contributed by atoms with Gasteiger partial charge in [0.1, 0.15) is 5.41 Å². The minimum atomic E-state index is -1.46. The first-order valence-electron chi connectivity index (χ1n) is 6.94. The van der Waals surface area contributed by atoms with E-state index in [9.17, 15) is 9.59 Å². The third-order valence-electron chi connectivity index (χ3n) is 3.50. The highest BCUT2D eigenvalue weighted by atomic mass is 16.4. The zero-order chi connectivity index (χ0) is 16.3. The molecular weight excluding hydrogens is 282 g/mol. The first-order chi connectivity index (χ1) is 10.3. The van der Waals surface area contributed by atoms with Gasteiger partial charge in [0.15, 0.2) is 0 Å². The molecule has 0 unspecified atom stereocenters. The monoisotopic (exact) mass is 301 g/mol. The largest absolute Gasteiger partial charge is 0.480 e. The molecule has 0 aliphatic carbocycles. The first-order valence-corrected chi connectivity index (χ1v) is 6.94. The summed E-state index contributed by atoms with van der Waals surface area (Å²) < 4.78 is 1.74. The highest BCUT2D eigenvalue weighted by Gasteiger charge is 2.35. The number of carbonyl (C=O) groups is 2. The molecule has 2 rings (SSSR count). The summed E-state index contributed by atoms with van der Waals surface area (Å²) in [6.45, 7) is 4.90. The van der Waals surface area contributed by atoms with E-state index in [4.69, 9.17) is 5.11 Å². The maximum absolute atomic E-state index is 12.0. The molecule has 22 heavy (non-hydrogen) atoms. The average molecular weight is 301 g/mol. The first kappa shape index (κ1) is 15.8. The van der Waals surface area contributed by atoms with Crippen LogP contribution in [0.2, 0.25) is 0 Å². The number of hydrogen-bond acceptors (Lipinski definition) is 3. The van der Waals surface area contributed by atoms with Gasteiger partial charge in [-0.3, -0.25) is 9.59 Å². The molecule has 0 saturated carbocycles. The van der Waals surface area contributed by atoms with Gasteiger partial charge >= 0.3 is 5.97 Å². The Kier molecular flexibility index (Phi) is 4.30. The summed E-state index contributed by atoms with van der Waals surface area (Å²) in [5.74, 6) is -1.67. The van der Waals surface area contributed by atoms with Gasteiger partial charge in [-0.2, -0.15) is 5.10 Å². The number of para-hydroxylation sites is 1. The van der Waals surface area contributed by atoms with Crippen molar-refractivity contribution in [3.05, 3.63) is 47.8 Å². The minimum absolute atomic E-state index is 0.241. The Labute approximate surface area is 128 Å². The fraction of sp³-hybridized carbons (Fsp3) is 0.312. The van der Waals surface area contributed by atoms with Gasteiger partial charge in [0.2, 0.25) is 5.91 Å². The van der Waals surface area contributed by atoms with Gasteiger partial charge in [-0.1, -0.05) is 18.2 Å². The highest BCUT2D eigenvalue weighted by Crippen LogP contribution is 2.17. The van der Waals surface area contributed by atoms with Crippen LogP contribution in [0, 0.1) is 12.3 Å². The van der Waals surface area contributed by atoms with Gasteiger partial charge < -0.3 is 10.4 Å². The molecule has 1 heterocycles. The van der Waals surface area contributed by atoms with E-state index in [2.05, 4.69) is 10.4 Å². The molecule has 0 bridgehead atoms. The van der Waals surface area contributed by atoms with Crippen LogP contribution in [0.4, 0.5) is 0 Å². The van der Waals surface area contributed by atoms with Crippen molar-refractivity contribution >= 4 is 11.9 Å².